The fourth-order valence-electron chi connectivity index (χ4n) is 3.36. The number of aliphatic hydroxyl groups is 1. The fraction of sp³-hybridized carbons (Fsp3) is 0.600. The Kier molecular flexibility index (Phi) is 6.49. The van der Waals surface area contributed by atoms with Crippen LogP contribution >= 0.6 is 0 Å². The van der Waals surface area contributed by atoms with Crippen LogP contribution in [0.15, 0.2) is 30.3 Å². The Bertz CT molecular complexity index is 491. The average Bonchev–Trinajstić information content (AvgIpc) is 2.60. The Morgan fingerprint density at radius 1 is 1.09 bits per heavy atom. The van der Waals surface area contributed by atoms with Crippen LogP contribution in [0, 0.1) is 17.8 Å². The van der Waals surface area contributed by atoms with Gasteiger partial charge in [0.25, 0.3) is 0 Å². The maximum atomic E-state index is 11.4. The first kappa shape index (κ1) is 17.1. The molecular formula is C20H29NO. The van der Waals surface area contributed by atoms with Crippen LogP contribution < -0.4 is 0 Å². The van der Waals surface area contributed by atoms with E-state index >= 15 is 0 Å². The molecule has 22 heavy (non-hydrogen) atoms. The summed E-state index contributed by atoms with van der Waals surface area (Å²) < 4.78 is 0. The summed E-state index contributed by atoms with van der Waals surface area (Å²) in [6, 6.07) is 10.0. The molecule has 1 aromatic carbocycles. The Morgan fingerprint density at radius 3 is 2.32 bits per heavy atom. The lowest BCUT2D eigenvalue weighted by Crippen LogP contribution is -2.35. The normalized spacial score (nSPS) is 18.5. The summed E-state index contributed by atoms with van der Waals surface area (Å²) in [5.41, 5.74) is -0.0385. The van der Waals surface area contributed by atoms with Crippen molar-refractivity contribution in [2.75, 3.05) is 19.6 Å². The first-order valence-corrected chi connectivity index (χ1v) is 8.71. The Balaban J connectivity index is 2.23. The first-order chi connectivity index (χ1) is 10.7. The van der Waals surface area contributed by atoms with Gasteiger partial charge in [-0.25, -0.2) is 0 Å². The van der Waals surface area contributed by atoms with Crippen molar-refractivity contribution in [1.82, 2.24) is 4.90 Å². The SMILES string of the molecule is CCN(CC)CC#C[C@@](O)(c1ccccc1)C1CCCCC1. The van der Waals surface area contributed by atoms with E-state index in [-0.39, 0.29) is 5.92 Å². The van der Waals surface area contributed by atoms with Gasteiger partial charge in [0.1, 0.15) is 0 Å². The summed E-state index contributed by atoms with van der Waals surface area (Å²) in [7, 11) is 0. The molecule has 2 nitrogen and oxygen atoms in total. The van der Waals surface area contributed by atoms with Crippen LogP contribution in [-0.4, -0.2) is 29.6 Å². The standard InChI is InChI=1S/C20H29NO/c1-3-21(4-2)17-11-16-20(22,18-12-7-5-8-13-18)19-14-9-6-10-15-19/h5,7-8,12-13,19,22H,3-4,6,9-10,14-15,17H2,1-2H3/t20-/m1/s1. The predicted octanol–water partition coefficient (Wildman–Crippen LogP) is 3.80. The largest absolute Gasteiger partial charge is 0.373 e. The highest BCUT2D eigenvalue weighted by molar-refractivity contribution is 5.33. The Labute approximate surface area is 135 Å². The predicted molar refractivity (Wildman–Crippen MR) is 92.5 cm³/mol. The molecule has 1 N–H and O–H groups in total. The molecule has 1 atom stereocenters. The summed E-state index contributed by atoms with van der Waals surface area (Å²) in [6.45, 7) is 7.02. The van der Waals surface area contributed by atoms with Crippen molar-refractivity contribution in [2.45, 2.75) is 51.6 Å². The van der Waals surface area contributed by atoms with Crippen LogP contribution in [0.25, 0.3) is 0 Å². The van der Waals surface area contributed by atoms with E-state index in [2.05, 4.69) is 30.6 Å². The van der Waals surface area contributed by atoms with Gasteiger partial charge in [0.2, 0.25) is 0 Å². The molecule has 0 radical (unpaired) electrons. The summed E-state index contributed by atoms with van der Waals surface area (Å²) in [6.07, 6.45) is 5.85. The minimum Gasteiger partial charge on any atom is -0.373 e. The van der Waals surface area contributed by atoms with E-state index in [1.54, 1.807) is 0 Å². The molecule has 1 aliphatic rings. The summed E-state index contributed by atoms with van der Waals surface area (Å²) in [5, 5.41) is 11.4. The highest BCUT2D eigenvalue weighted by atomic mass is 16.3. The third-order valence-corrected chi connectivity index (χ3v) is 4.89. The molecule has 2 heteroatoms. The molecule has 0 unspecified atom stereocenters. The van der Waals surface area contributed by atoms with Crippen LogP contribution in [0.4, 0.5) is 0 Å². The van der Waals surface area contributed by atoms with Crippen LogP contribution in [-0.2, 0) is 5.60 Å². The van der Waals surface area contributed by atoms with Crippen molar-refractivity contribution >= 4 is 0 Å². The quantitative estimate of drug-likeness (QED) is 0.836. The molecule has 1 fully saturated rings. The van der Waals surface area contributed by atoms with Crippen molar-refractivity contribution in [2.24, 2.45) is 5.92 Å². The number of nitrogens with zero attached hydrogens (tertiary/aromatic N) is 1. The minimum absolute atomic E-state index is 0.257. The molecular weight excluding hydrogens is 270 g/mol. The Morgan fingerprint density at radius 2 is 1.73 bits per heavy atom. The lowest BCUT2D eigenvalue weighted by atomic mass is 9.73. The van der Waals surface area contributed by atoms with E-state index in [1.165, 1.54) is 19.3 Å². The van der Waals surface area contributed by atoms with Gasteiger partial charge in [-0.15, -0.1) is 0 Å². The van der Waals surface area contributed by atoms with Gasteiger partial charge in [-0.1, -0.05) is 75.3 Å². The van der Waals surface area contributed by atoms with Crippen molar-refractivity contribution < 1.29 is 5.11 Å². The molecule has 1 aliphatic carbocycles. The molecule has 0 aromatic heterocycles. The molecule has 0 aliphatic heterocycles. The fourth-order valence-corrected chi connectivity index (χ4v) is 3.36. The molecule has 1 aromatic rings. The van der Waals surface area contributed by atoms with Gasteiger partial charge in [0.05, 0.1) is 6.54 Å². The molecule has 2 rings (SSSR count). The number of rotatable bonds is 5. The zero-order chi connectivity index (χ0) is 15.8. The number of hydrogen-bond acceptors (Lipinski definition) is 2. The van der Waals surface area contributed by atoms with Crippen molar-refractivity contribution in [1.29, 1.82) is 0 Å². The highest BCUT2D eigenvalue weighted by Gasteiger charge is 2.37. The van der Waals surface area contributed by atoms with Crippen molar-refractivity contribution in [3.05, 3.63) is 35.9 Å². The smallest absolute Gasteiger partial charge is 0.153 e. The Hall–Kier alpha value is -1.30. The van der Waals surface area contributed by atoms with E-state index in [9.17, 15) is 5.11 Å². The van der Waals surface area contributed by atoms with Gasteiger partial charge in [-0.05, 0) is 31.5 Å². The highest BCUT2D eigenvalue weighted by Crippen LogP contribution is 2.38. The van der Waals surface area contributed by atoms with Crippen LogP contribution in [0.2, 0.25) is 0 Å². The van der Waals surface area contributed by atoms with Crippen molar-refractivity contribution in [3.63, 3.8) is 0 Å². The maximum Gasteiger partial charge on any atom is 0.153 e. The topological polar surface area (TPSA) is 23.5 Å². The van der Waals surface area contributed by atoms with Crippen LogP contribution in [0.3, 0.4) is 0 Å². The van der Waals surface area contributed by atoms with Crippen molar-refractivity contribution in [3.8, 4) is 11.8 Å². The molecule has 0 bridgehead atoms. The maximum absolute atomic E-state index is 11.4. The van der Waals surface area contributed by atoms with Gasteiger partial charge in [0, 0.05) is 5.92 Å². The van der Waals surface area contributed by atoms with Gasteiger partial charge < -0.3 is 5.11 Å². The zero-order valence-electron chi connectivity index (χ0n) is 14.0. The van der Waals surface area contributed by atoms with Crippen LogP contribution in [0.5, 0.6) is 0 Å². The third kappa shape index (κ3) is 4.12. The van der Waals surface area contributed by atoms with Gasteiger partial charge in [-0.2, -0.15) is 0 Å². The second-order valence-electron chi connectivity index (χ2n) is 6.23. The lowest BCUT2D eigenvalue weighted by Gasteiger charge is -2.35. The van der Waals surface area contributed by atoms with E-state index in [4.69, 9.17) is 0 Å². The van der Waals surface area contributed by atoms with Gasteiger partial charge in [0.15, 0.2) is 5.60 Å². The van der Waals surface area contributed by atoms with E-state index in [0.29, 0.717) is 0 Å². The number of hydrogen-bond donors (Lipinski definition) is 1. The molecule has 0 heterocycles. The first-order valence-electron chi connectivity index (χ1n) is 8.71. The molecule has 120 valence electrons. The number of benzene rings is 1. The molecule has 0 amide bonds. The average molecular weight is 299 g/mol. The molecule has 0 saturated heterocycles. The van der Waals surface area contributed by atoms with Gasteiger partial charge in [-0.3, -0.25) is 4.90 Å². The summed E-state index contributed by atoms with van der Waals surface area (Å²) in [5.74, 6) is 6.75. The summed E-state index contributed by atoms with van der Waals surface area (Å²) in [4.78, 5) is 2.28. The zero-order valence-corrected chi connectivity index (χ0v) is 14.0. The molecule has 1 saturated carbocycles. The van der Waals surface area contributed by atoms with E-state index < -0.39 is 5.60 Å². The monoisotopic (exact) mass is 299 g/mol. The second-order valence-corrected chi connectivity index (χ2v) is 6.23. The second kappa shape index (κ2) is 8.36. The van der Waals surface area contributed by atoms with E-state index in [0.717, 1.165) is 38.0 Å². The third-order valence-electron chi connectivity index (χ3n) is 4.89. The summed E-state index contributed by atoms with van der Waals surface area (Å²) >= 11 is 0. The van der Waals surface area contributed by atoms with Gasteiger partial charge >= 0.3 is 0 Å². The van der Waals surface area contributed by atoms with E-state index in [1.807, 2.05) is 30.3 Å². The molecule has 0 spiro atoms. The minimum atomic E-state index is -0.991. The lowest BCUT2D eigenvalue weighted by molar-refractivity contribution is 0.0158. The van der Waals surface area contributed by atoms with Crippen LogP contribution in [0.1, 0.15) is 51.5 Å².